The van der Waals surface area contributed by atoms with Gasteiger partial charge >= 0.3 is 0 Å². The highest BCUT2D eigenvalue weighted by Gasteiger charge is 2.36. The first kappa shape index (κ1) is 14.8. The van der Waals surface area contributed by atoms with Crippen molar-refractivity contribution >= 4 is 5.91 Å². The molecule has 1 aromatic heterocycles. The number of aryl methyl sites for hydroxylation is 1. The summed E-state index contributed by atoms with van der Waals surface area (Å²) in [5.41, 5.74) is -0.120. The molecule has 1 aromatic carbocycles. The first-order valence-corrected chi connectivity index (χ1v) is 7.55. The van der Waals surface area contributed by atoms with Crippen molar-refractivity contribution in [3.8, 4) is 0 Å². The molecular weight excluding hydrogens is 278 g/mol. The standard InChI is InChI=1S/C17H21N3O2/c1-17(22-2,13-6-4-3-5-7-13)16(21)19-14-8-9-15-18-10-11-20(15)12-14/h3-7,10-11,14H,8-9,12H2,1-2H3,(H,19,21)/t14-,17+/m0/s1. The van der Waals surface area contributed by atoms with Crippen LogP contribution in [-0.4, -0.2) is 28.6 Å². The van der Waals surface area contributed by atoms with Gasteiger partial charge < -0.3 is 14.6 Å². The Hall–Kier alpha value is -2.14. The van der Waals surface area contributed by atoms with E-state index in [0.717, 1.165) is 30.8 Å². The maximum Gasteiger partial charge on any atom is 0.256 e. The van der Waals surface area contributed by atoms with Crippen LogP contribution in [0.4, 0.5) is 0 Å². The minimum absolute atomic E-state index is 0.102. The van der Waals surface area contributed by atoms with Gasteiger partial charge in [0.05, 0.1) is 0 Å². The molecule has 0 saturated heterocycles. The molecule has 1 aliphatic heterocycles. The molecule has 1 aliphatic rings. The number of fused-ring (bicyclic) bond motifs is 1. The predicted molar refractivity (Wildman–Crippen MR) is 83.3 cm³/mol. The molecule has 116 valence electrons. The number of methoxy groups -OCH3 is 1. The Morgan fingerprint density at radius 3 is 2.91 bits per heavy atom. The Labute approximate surface area is 130 Å². The maximum atomic E-state index is 12.8. The molecule has 2 aromatic rings. The Morgan fingerprint density at radius 2 is 2.18 bits per heavy atom. The zero-order chi connectivity index (χ0) is 15.6. The Bertz CT molecular complexity index is 653. The molecule has 0 saturated carbocycles. The van der Waals surface area contributed by atoms with E-state index in [4.69, 9.17) is 4.74 Å². The van der Waals surface area contributed by atoms with Crippen LogP contribution < -0.4 is 5.32 Å². The summed E-state index contributed by atoms with van der Waals surface area (Å²) in [4.78, 5) is 17.1. The molecule has 5 nitrogen and oxygen atoms in total. The zero-order valence-corrected chi connectivity index (χ0v) is 13.0. The van der Waals surface area contributed by atoms with E-state index in [1.54, 1.807) is 7.11 Å². The number of imidazole rings is 1. The van der Waals surface area contributed by atoms with Crippen molar-refractivity contribution in [3.05, 3.63) is 54.1 Å². The second-order valence-electron chi connectivity index (χ2n) is 5.81. The van der Waals surface area contributed by atoms with Crippen molar-refractivity contribution in [2.45, 2.75) is 38.0 Å². The maximum absolute atomic E-state index is 12.8. The van der Waals surface area contributed by atoms with Crippen LogP contribution in [0.15, 0.2) is 42.7 Å². The summed E-state index contributed by atoms with van der Waals surface area (Å²) in [7, 11) is 1.57. The molecule has 3 rings (SSSR count). The van der Waals surface area contributed by atoms with Crippen LogP contribution in [0.2, 0.25) is 0 Å². The van der Waals surface area contributed by atoms with Crippen molar-refractivity contribution in [2.75, 3.05) is 7.11 Å². The first-order chi connectivity index (χ1) is 10.6. The number of benzene rings is 1. The van der Waals surface area contributed by atoms with Gasteiger partial charge in [0.1, 0.15) is 5.82 Å². The monoisotopic (exact) mass is 299 g/mol. The Morgan fingerprint density at radius 1 is 1.41 bits per heavy atom. The van der Waals surface area contributed by atoms with E-state index in [-0.39, 0.29) is 11.9 Å². The van der Waals surface area contributed by atoms with E-state index in [1.165, 1.54) is 0 Å². The molecule has 2 heterocycles. The largest absolute Gasteiger partial charge is 0.364 e. The fraction of sp³-hybridized carbons (Fsp3) is 0.412. The SMILES string of the molecule is CO[C@@](C)(C(=O)N[C@H]1CCc2nccn2C1)c1ccccc1. The van der Waals surface area contributed by atoms with E-state index in [9.17, 15) is 4.79 Å². The van der Waals surface area contributed by atoms with Crippen LogP contribution in [0, 0.1) is 0 Å². The third kappa shape index (κ3) is 2.64. The highest BCUT2D eigenvalue weighted by atomic mass is 16.5. The van der Waals surface area contributed by atoms with Crippen molar-refractivity contribution in [2.24, 2.45) is 0 Å². The number of carbonyl (C=O) groups is 1. The second kappa shape index (κ2) is 5.93. The van der Waals surface area contributed by atoms with Crippen molar-refractivity contribution < 1.29 is 9.53 Å². The average molecular weight is 299 g/mol. The Balaban J connectivity index is 1.73. The minimum Gasteiger partial charge on any atom is -0.364 e. The summed E-state index contributed by atoms with van der Waals surface area (Å²) < 4.78 is 7.65. The summed E-state index contributed by atoms with van der Waals surface area (Å²) in [6.07, 6.45) is 5.55. The molecule has 1 amide bonds. The third-order valence-corrected chi connectivity index (χ3v) is 4.44. The van der Waals surface area contributed by atoms with Gasteiger partial charge in [-0.3, -0.25) is 4.79 Å². The van der Waals surface area contributed by atoms with Gasteiger partial charge in [0, 0.05) is 38.5 Å². The second-order valence-corrected chi connectivity index (χ2v) is 5.81. The topological polar surface area (TPSA) is 56.1 Å². The van der Waals surface area contributed by atoms with Crippen LogP contribution >= 0.6 is 0 Å². The lowest BCUT2D eigenvalue weighted by molar-refractivity contribution is -0.143. The van der Waals surface area contributed by atoms with E-state index < -0.39 is 5.60 Å². The molecule has 0 fully saturated rings. The summed E-state index contributed by atoms with van der Waals surface area (Å²) in [6, 6.07) is 9.69. The molecule has 0 bridgehead atoms. The third-order valence-electron chi connectivity index (χ3n) is 4.44. The number of rotatable bonds is 4. The lowest BCUT2D eigenvalue weighted by atomic mass is 9.94. The highest BCUT2D eigenvalue weighted by Crippen LogP contribution is 2.25. The summed E-state index contributed by atoms with van der Waals surface area (Å²) in [5.74, 6) is 0.984. The van der Waals surface area contributed by atoms with Crippen LogP contribution in [0.1, 0.15) is 24.7 Å². The normalized spacial score (nSPS) is 20.0. The number of aromatic nitrogens is 2. The summed E-state index contributed by atoms with van der Waals surface area (Å²) >= 11 is 0. The number of nitrogens with zero attached hydrogens (tertiary/aromatic N) is 2. The molecule has 5 heteroatoms. The quantitative estimate of drug-likeness (QED) is 0.938. The molecule has 0 aliphatic carbocycles. The number of nitrogens with one attached hydrogen (secondary N) is 1. The smallest absolute Gasteiger partial charge is 0.256 e. The van der Waals surface area contributed by atoms with E-state index in [0.29, 0.717) is 0 Å². The first-order valence-electron chi connectivity index (χ1n) is 7.55. The van der Waals surface area contributed by atoms with Gasteiger partial charge in [-0.2, -0.15) is 0 Å². The van der Waals surface area contributed by atoms with Gasteiger partial charge in [-0.25, -0.2) is 4.98 Å². The number of hydrogen-bond donors (Lipinski definition) is 1. The highest BCUT2D eigenvalue weighted by molar-refractivity contribution is 5.86. The van der Waals surface area contributed by atoms with Gasteiger partial charge in [-0.1, -0.05) is 30.3 Å². The summed E-state index contributed by atoms with van der Waals surface area (Å²) in [5, 5.41) is 3.13. The molecule has 0 unspecified atom stereocenters. The van der Waals surface area contributed by atoms with Gasteiger partial charge in [0.25, 0.3) is 5.91 Å². The van der Waals surface area contributed by atoms with Gasteiger partial charge in [0.15, 0.2) is 5.60 Å². The molecular formula is C17H21N3O2. The fourth-order valence-electron chi connectivity index (χ4n) is 2.91. The van der Waals surface area contributed by atoms with Gasteiger partial charge in [0.2, 0.25) is 0 Å². The van der Waals surface area contributed by atoms with Crippen LogP contribution in [-0.2, 0) is 28.1 Å². The van der Waals surface area contributed by atoms with Crippen LogP contribution in [0.3, 0.4) is 0 Å². The van der Waals surface area contributed by atoms with Crippen LogP contribution in [0.5, 0.6) is 0 Å². The number of amides is 1. The number of hydrogen-bond acceptors (Lipinski definition) is 3. The fourth-order valence-corrected chi connectivity index (χ4v) is 2.91. The van der Waals surface area contributed by atoms with E-state index in [2.05, 4.69) is 14.9 Å². The molecule has 1 N–H and O–H groups in total. The Kier molecular flexibility index (Phi) is 3.98. The van der Waals surface area contributed by atoms with Crippen molar-refractivity contribution in [1.82, 2.24) is 14.9 Å². The molecule has 22 heavy (non-hydrogen) atoms. The molecule has 0 radical (unpaired) electrons. The van der Waals surface area contributed by atoms with Gasteiger partial charge in [-0.15, -0.1) is 0 Å². The van der Waals surface area contributed by atoms with E-state index in [1.807, 2.05) is 49.6 Å². The number of ether oxygens (including phenoxy) is 1. The lowest BCUT2D eigenvalue weighted by Crippen LogP contribution is -2.50. The summed E-state index contributed by atoms with van der Waals surface area (Å²) in [6.45, 7) is 2.57. The average Bonchev–Trinajstić information content (AvgIpc) is 3.02. The van der Waals surface area contributed by atoms with Gasteiger partial charge in [-0.05, 0) is 18.9 Å². The number of carbonyl (C=O) groups excluding carboxylic acids is 1. The predicted octanol–water partition coefficient (Wildman–Crippen LogP) is 1.88. The van der Waals surface area contributed by atoms with Crippen LogP contribution in [0.25, 0.3) is 0 Å². The molecule has 0 spiro atoms. The lowest BCUT2D eigenvalue weighted by Gasteiger charge is -2.31. The van der Waals surface area contributed by atoms with Crippen molar-refractivity contribution in [3.63, 3.8) is 0 Å². The van der Waals surface area contributed by atoms with E-state index >= 15 is 0 Å². The molecule has 2 atom stereocenters. The van der Waals surface area contributed by atoms with Crippen molar-refractivity contribution in [1.29, 1.82) is 0 Å². The minimum atomic E-state index is -0.976. The zero-order valence-electron chi connectivity index (χ0n) is 13.0.